The topological polar surface area (TPSA) is 21.3 Å². The predicted octanol–water partition coefficient (Wildman–Crippen LogP) is 7.11. The Kier molecular flexibility index (Phi) is 8.38. The first-order valence-electron chi connectivity index (χ1n) is 11.2. The van der Waals surface area contributed by atoms with Crippen LogP contribution < -0.4 is 10.1 Å². The van der Waals surface area contributed by atoms with Crippen LogP contribution in [0.25, 0.3) is 0 Å². The summed E-state index contributed by atoms with van der Waals surface area (Å²) < 4.78 is 5.89. The summed E-state index contributed by atoms with van der Waals surface area (Å²) in [7, 11) is 0. The van der Waals surface area contributed by atoms with E-state index in [0.29, 0.717) is 11.8 Å². The van der Waals surface area contributed by atoms with Crippen LogP contribution in [0.2, 0.25) is 0 Å². The van der Waals surface area contributed by atoms with Crippen molar-refractivity contribution in [2.45, 2.75) is 46.0 Å². The highest BCUT2D eigenvalue weighted by molar-refractivity contribution is 5.46. The first kappa shape index (κ1) is 22.0. The van der Waals surface area contributed by atoms with Crippen molar-refractivity contribution in [3.05, 3.63) is 95.6 Å². The molecule has 3 rings (SSSR count). The molecule has 3 aromatic carbocycles. The molecule has 0 radical (unpaired) electrons. The number of nitrogens with one attached hydrogen (secondary N) is 1. The van der Waals surface area contributed by atoms with Crippen molar-refractivity contribution in [1.82, 2.24) is 0 Å². The van der Waals surface area contributed by atoms with Crippen molar-refractivity contribution in [2.75, 3.05) is 18.5 Å². The van der Waals surface area contributed by atoms with Crippen molar-refractivity contribution in [2.24, 2.45) is 5.92 Å². The van der Waals surface area contributed by atoms with Gasteiger partial charge in [-0.2, -0.15) is 0 Å². The molecule has 0 saturated carbocycles. The van der Waals surface area contributed by atoms with E-state index < -0.39 is 0 Å². The van der Waals surface area contributed by atoms with Crippen molar-refractivity contribution < 1.29 is 4.74 Å². The third-order valence-electron chi connectivity index (χ3n) is 5.38. The molecule has 0 fully saturated rings. The number of aryl methyl sites for hydroxylation is 1. The summed E-state index contributed by atoms with van der Waals surface area (Å²) >= 11 is 0. The molecule has 2 heteroatoms. The predicted molar refractivity (Wildman–Crippen MR) is 129 cm³/mol. The summed E-state index contributed by atoms with van der Waals surface area (Å²) in [4.78, 5) is 0. The molecule has 0 spiro atoms. The molecular weight excluding hydrogens is 366 g/mol. The Morgan fingerprint density at radius 2 is 1.47 bits per heavy atom. The fourth-order valence-electron chi connectivity index (χ4n) is 3.62. The molecule has 0 heterocycles. The van der Waals surface area contributed by atoms with Crippen molar-refractivity contribution in [3.8, 4) is 5.75 Å². The van der Waals surface area contributed by atoms with Crippen LogP contribution in [0.15, 0.2) is 78.9 Å². The molecule has 2 nitrogen and oxygen atoms in total. The molecule has 30 heavy (non-hydrogen) atoms. The van der Waals surface area contributed by atoms with E-state index in [2.05, 4.69) is 105 Å². The normalized spacial score (nSPS) is 12.0. The van der Waals surface area contributed by atoms with E-state index in [1.165, 1.54) is 16.7 Å². The standard InChI is InChI=1S/C28H35NO/c1-22(2)20-25-11-13-26(14-12-25)23(3)21-29-27-15-17-28(18-16-27)30-19-7-10-24-8-5-4-6-9-24/h4-6,8-9,11-18,22-23,29H,7,10,19-21H2,1-3H3. The van der Waals surface area contributed by atoms with Gasteiger partial charge in [0, 0.05) is 12.2 Å². The van der Waals surface area contributed by atoms with Crippen LogP contribution in [0.1, 0.15) is 49.8 Å². The molecule has 0 aliphatic rings. The van der Waals surface area contributed by atoms with Gasteiger partial charge >= 0.3 is 0 Å². The van der Waals surface area contributed by atoms with Crippen LogP contribution >= 0.6 is 0 Å². The Labute approximate surface area is 182 Å². The molecule has 0 bridgehead atoms. The fourth-order valence-corrected chi connectivity index (χ4v) is 3.62. The molecule has 158 valence electrons. The molecule has 0 aliphatic heterocycles. The van der Waals surface area contributed by atoms with Crippen LogP contribution in [0, 0.1) is 5.92 Å². The number of hydrogen-bond donors (Lipinski definition) is 1. The number of rotatable bonds is 11. The van der Waals surface area contributed by atoms with Crippen LogP contribution in [0.5, 0.6) is 5.75 Å². The summed E-state index contributed by atoms with van der Waals surface area (Å²) in [5, 5.41) is 3.55. The molecule has 3 aromatic rings. The Morgan fingerprint density at radius 1 is 0.767 bits per heavy atom. The van der Waals surface area contributed by atoms with E-state index in [1.54, 1.807) is 0 Å². The van der Waals surface area contributed by atoms with Gasteiger partial charge in [0.2, 0.25) is 0 Å². The summed E-state index contributed by atoms with van der Waals surface area (Å²) in [6, 6.07) is 28.0. The van der Waals surface area contributed by atoms with E-state index in [-0.39, 0.29) is 0 Å². The average Bonchev–Trinajstić information content (AvgIpc) is 2.77. The summed E-state index contributed by atoms with van der Waals surface area (Å²) in [6.07, 6.45) is 3.22. The smallest absolute Gasteiger partial charge is 0.119 e. The molecular formula is C28H35NO. The van der Waals surface area contributed by atoms with Gasteiger partial charge < -0.3 is 10.1 Å². The van der Waals surface area contributed by atoms with Crippen LogP contribution in [-0.4, -0.2) is 13.2 Å². The van der Waals surface area contributed by atoms with Gasteiger partial charge in [-0.05, 0) is 72.1 Å². The molecule has 1 N–H and O–H groups in total. The first-order chi connectivity index (χ1) is 14.6. The third-order valence-corrected chi connectivity index (χ3v) is 5.38. The lowest BCUT2D eigenvalue weighted by Gasteiger charge is -2.15. The number of benzene rings is 3. The monoisotopic (exact) mass is 401 g/mol. The second-order valence-electron chi connectivity index (χ2n) is 8.58. The average molecular weight is 402 g/mol. The zero-order valence-electron chi connectivity index (χ0n) is 18.6. The van der Waals surface area contributed by atoms with Crippen LogP contribution in [-0.2, 0) is 12.8 Å². The Hall–Kier alpha value is -2.74. The maximum absolute atomic E-state index is 5.89. The summed E-state index contributed by atoms with van der Waals surface area (Å²) in [6.45, 7) is 8.46. The molecule has 0 saturated heterocycles. The third kappa shape index (κ3) is 7.26. The first-order valence-corrected chi connectivity index (χ1v) is 11.2. The highest BCUT2D eigenvalue weighted by Gasteiger charge is 2.06. The van der Waals surface area contributed by atoms with Gasteiger partial charge in [-0.1, -0.05) is 75.4 Å². The Balaban J connectivity index is 1.39. The molecule has 0 aliphatic carbocycles. The summed E-state index contributed by atoms with van der Waals surface area (Å²) in [5.41, 5.74) is 5.31. The zero-order chi connectivity index (χ0) is 21.2. The maximum atomic E-state index is 5.89. The van der Waals surface area contributed by atoms with Crippen molar-refractivity contribution in [1.29, 1.82) is 0 Å². The van der Waals surface area contributed by atoms with Gasteiger partial charge in [0.1, 0.15) is 5.75 Å². The second kappa shape index (κ2) is 11.4. The number of hydrogen-bond acceptors (Lipinski definition) is 2. The van der Waals surface area contributed by atoms with Crippen LogP contribution in [0.3, 0.4) is 0 Å². The number of ether oxygens (including phenoxy) is 1. The fraction of sp³-hybridized carbons (Fsp3) is 0.357. The lowest BCUT2D eigenvalue weighted by Crippen LogP contribution is -2.10. The number of anilines is 1. The zero-order valence-corrected chi connectivity index (χ0v) is 18.6. The molecule has 0 amide bonds. The molecule has 0 aromatic heterocycles. The van der Waals surface area contributed by atoms with Gasteiger partial charge in [-0.3, -0.25) is 0 Å². The second-order valence-corrected chi connectivity index (χ2v) is 8.58. The van der Waals surface area contributed by atoms with E-state index >= 15 is 0 Å². The van der Waals surface area contributed by atoms with E-state index in [4.69, 9.17) is 4.74 Å². The van der Waals surface area contributed by atoms with Crippen LogP contribution in [0.4, 0.5) is 5.69 Å². The van der Waals surface area contributed by atoms with E-state index in [9.17, 15) is 0 Å². The van der Waals surface area contributed by atoms with Gasteiger partial charge in [-0.15, -0.1) is 0 Å². The lowest BCUT2D eigenvalue weighted by molar-refractivity contribution is 0.311. The highest BCUT2D eigenvalue weighted by Crippen LogP contribution is 2.20. The Bertz CT molecular complexity index is 853. The molecule has 1 unspecified atom stereocenters. The maximum Gasteiger partial charge on any atom is 0.119 e. The quantitative estimate of drug-likeness (QED) is 0.346. The highest BCUT2D eigenvalue weighted by atomic mass is 16.5. The van der Waals surface area contributed by atoms with E-state index in [1.807, 2.05) is 0 Å². The largest absolute Gasteiger partial charge is 0.494 e. The SMILES string of the molecule is CC(C)Cc1ccc(C(C)CNc2ccc(OCCCc3ccccc3)cc2)cc1. The minimum Gasteiger partial charge on any atom is -0.494 e. The van der Waals surface area contributed by atoms with Crippen molar-refractivity contribution in [3.63, 3.8) is 0 Å². The Morgan fingerprint density at radius 3 is 2.13 bits per heavy atom. The lowest BCUT2D eigenvalue weighted by atomic mass is 9.97. The van der Waals surface area contributed by atoms with Gasteiger partial charge in [-0.25, -0.2) is 0 Å². The van der Waals surface area contributed by atoms with E-state index in [0.717, 1.165) is 43.9 Å². The minimum atomic E-state index is 0.465. The molecule has 1 atom stereocenters. The van der Waals surface area contributed by atoms with Crippen molar-refractivity contribution >= 4 is 5.69 Å². The minimum absolute atomic E-state index is 0.465. The van der Waals surface area contributed by atoms with Gasteiger partial charge in [0.05, 0.1) is 6.61 Å². The van der Waals surface area contributed by atoms with Gasteiger partial charge in [0.15, 0.2) is 0 Å². The summed E-state index contributed by atoms with van der Waals surface area (Å²) in [5.74, 6) is 2.10. The van der Waals surface area contributed by atoms with Gasteiger partial charge in [0.25, 0.3) is 0 Å².